The van der Waals surface area contributed by atoms with Crippen molar-refractivity contribution in [1.29, 1.82) is 0 Å². The zero-order chi connectivity index (χ0) is 19.2. The van der Waals surface area contributed by atoms with Gasteiger partial charge in [0.2, 0.25) is 0 Å². The predicted molar refractivity (Wildman–Crippen MR) is 117 cm³/mol. The third kappa shape index (κ3) is 3.97. The zero-order valence-electron chi connectivity index (χ0n) is 15.5. The highest BCUT2D eigenvalue weighted by Gasteiger charge is 2.32. The molecule has 0 saturated carbocycles. The van der Waals surface area contributed by atoms with E-state index >= 15 is 0 Å². The quantitative estimate of drug-likeness (QED) is 0.379. The minimum absolute atomic E-state index is 0.00848. The predicted octanol–water partition coefficient (Wildman–Crippen LogP) is 6.37. The van der Waals surface area contributed by atoms with Crippen LogP contribution in [0.1, 0.15) is 27.9 Å². The monoisotopic (exact) mass is 382 g/mol. The van der Waals surface area contributed by atoms with Gasteiger partial charge in [-0.1, -0.05) is 109 Å². The van der Waals surface area contributed by atoms with Crippen molar-refractivity contribution in [3.8, 4) is 0 Å². The van der Waals surface area contributed by atoms with Gasteiger partial charge in [0.1, 0.15) is 0 Å². The van der Waals surface area contributed by atoms with Crippen molar-refractivity contribution in [2.45, 2.75) is 16.1 Å². The van der Waals surface area contributed by atoms with Gasteiger partial charge in [-0.15, -0.1) is 0 Å². The first-order chi connectivity index (χ1) is 13.8. The summed E-state index contributed by atoms with van der Waals surface area (Å²) in [5.74, 6) is -0.00848. The molecule has 138 valence electrons. The molecule has 4 aromatic rings. The molecule has 0 aliphatic heterocycles. The first kappa shape index (κ1) is 18.4. The molecular formula is C26H22OS. The summed E-state index contributed by atoms with van der Waals surface area (Å²) in [6, 6.07) is 40.8. The molecule has 0 N–H and O–H groups in total. The van der Waals surface area contributed by atoms with E-state index < -0.39 is 10.8 Å². The summed E-state index contributed by atoms with van der Waals surface area (Å²) in [6.45, 7) is 0. The molecule has 2 heteroatoms. The van der Waals surface area contributed by atoms with Crippen molar-refractivity contribution >= 4 is 10.8 Å². The maximum Gasteiger partial charge on any atom is 0.0752 e. The largest absolute Gasteiger partial charge is 0.254 e. The Hall–Kier alpha value is -2.97. The summed E-state index contributed by atoms with van der Waals surface area (Å²) in [6.07, 6.45) is 0. The van der Waals surface area contributed by atoms with Crippen LogP contribution in [0.3, 0.4) is 0 Å². The molecule has 0 saturated heterocycles. The highest BCUT2D eigenvalue weighted by molar-refractivity contribution is 7.85. The Labute approximate surface area is 169 Å². The Bertz CT molecular complexity index is 976. The van der Waals surface area contributed by atoms with Crippen LogP contribution in [-0.2, 0) is 10.8 Å². The van der Waals surface area contributed by atoms with Gasteiger partial charge in [0.05, 0.1) is 16.0 Å². The van der Waals surface area contributed by atoms with Gasteiger partial charge >= 0.3 is 0 Å². The second-order valence-electron chi connectivity index (χ2n) is 6.74. The van der Waals surface area contributed by atoms with Crippen LogP contribution in [0.25, 0.3) is 0 Å². The lowest BCUT2D eigenvalue weighted by Gasteiger charge is -2.28. The SMILES string of the molecule is O=S(c1ccccc1)C(c1ccccc1)C(c1ccccc1)c1ccccc1. The van der Waals surface area contributed by atoms with Crippen LogP contribution < -0.4 is 0 Å². The molecule has 4 rings (SSSR count). The van der Waals surface area contributed by atoms with Crippen LogP contribution in [-0.4, -0.2) is 4.21 Å². The molecule has 28 heavy (non-hydrogen) atoms. The Morgan fingerprint density at radius 2 is 0.821 bits per heavy atom. The van der Waals surface area contributed by atoms with Crippen molar-refractivity contribution in [2.75, 3.05) is 0 Å². The van der Waals surface area contributed by atoms with Crippen LogP contribution >= 0.6 is 0 Å². The summed E-state index contributed by atoms with van der Waals surface area (Å²) < 4.78 is 13.8. The smallest absolute Gasteiger partial charge is 0.0752 e. The van der Waals surface area contributed by atoms with Crippen LogP contribution in [0.4, 0.5) is 0 Å². The highest BCUT2D eigenvalue weighted by atomic mass is 32.2. The van der Waals surface area contributed by atoms with Crippen molar-refractivity contribution in [3.63, 3.8) is 0 Å². The van der Waals surface area contributed by atoms with Gasteiger partial charge in [-0.3, -0.25) is 4.21 Å². The van der Waals surface area contributed by atoms with Crippen LogP contribution in [0.5, 0.6) is 0 Å². The molecule has 0 aliphatic rings. The third-order valence-electron chi connectivity index (χ3n) is 4.95. The molecule has 1 nitrogen and oxygen atoms in total. The Balaban J connectivity index is 1.90. The Morgan fingerprint density at radius 3 is 1.25 bits per heavy atom. The van der Waals surface area contributed by atoms with E-state index in [9.17, 15) is 4.21 Å². The van der Waals surface area contributed by atoms with Gasteiger partial charge in [0.15, 0.2) is 0 Å². The van der Waals surface area contributed by atoms with E-state index in [0.29, 0.717) is 0 Å². The summed E-state index contributed by atoms with van der Waals surface area (Å²) in [5, 5.41) is -0.187. The highest BCUT2D eigenvalue weighted by Crippen LogP contribution is 2.42. The summed E-state index contributed by atoms with van der Waals surface area (Å²) >= 11 is 0. The molecule has 0 bridgehead atoms. The fourth-order valence-corrected chi connectivity index (χ4v) is 5.33. The average Bonchev–Trinajstić information content (AvgIpc) is 2.79. The number of hydrogen-bond donors (Lipinski definition) is 0. The molecule has 2 atom stereocenters. The van der Waals surface area contributed by atoms with Gasteiger partial charge in [0.25, 0.3) is 0 Å². The first-order valence-electron chi connectivity index (χ1n) is 9.45. The van der Waals surface area contributed by atoms with Gasteiger partial charge in [-0.2, -0.15) is 0 Å². The van der Waals surface area contributed by atoms with E-state index in [1.54, 1.807) is 0 Å². The first-order valence-corrected chi connectivity index (χ1v) is 10.7. The molecule has 0 radical (unpaired) electrons. The third-order valence-corrected chi connectivity index (χ3v) is 6.70. The average molecular weight is 383 g/mol. The zero-order valence-corrected chi connectivity index (χ0v) is 16.3. The lowest BCUT2D eigenvalue weighted by Crippen LogP contribution is -2.18. The van der Waals surface area contributed by atoms with Gasteiger partial charge < -0.3 is 0 Å². The fourth-order valence-electron chi connectivity index (χ4n) is 3.65. The van der Waals surface area contributed by atoms with E-state index in [-0.39, 0.29) is 11.2 Å². The molecule has 0 aromatic heterocycles. The van der Waals surface area contributed by atoms with E-state index in [0.717, 1.165) is 10.5 Å². The lowest BCUT2D eigenvalue weighted by molar-refractivity contribution is 0.658. The van der Waals surface area contributed by atoms with Crippen molar-refractivity contribution in [2.24, 2.45) is 0 Å². The maximum absolute atomic E-state index is 13.8. The summed E-state index contributed by atoms with van der Waals surface area (Å²) in [7, 11) is -1.20. The van der Waals surface area contributed by atoms with Crippen LogP contribution in [0.15, 0.2) is 126 Å². The van der Waals surface area contributed by atoms with Gasteiger partial charge in [-0.25, -0.2) is 0 Å². The molecule has 2 unspecified atom stereocenters. The Kier molecular flexibility index (Phi) is 5.79. The van der Waals surface area contributed by atoms with E-state index in [4.69, 9.17) is 0 Å². The normalized spacial score (nSPS) is 13.2. The topological polar surface area (TPSA) is 17.1 Å². The molecule has 0 fully saturated rings. The minimum atomic E-state index is -1.20. The van der Waals surface area contributed by atoms with Crippen LogP contribution in [0.2, 0.25) is 0 Å². The van der Waals surface area contributed by atoms with E-state index in [2.05, 4.69) is 60.7 Å². The van der Waals surface area contributed by atoms with E-state index in [1.165, 1.54) is 11.1 Å². The standard InChI is InChI=1S/C26H22OS/c27-28(24-19-11-4-12-20-24)26(23-17-9-3-10-18-23)25(21-13-5-1-6-14-21)22-15-7-2-8-16-22/h1-20,25-26H. The van der Waals surface area contributed by atoms with Crippen molar-refractivity contribution < 1.29 is 4.21 Å². The van der Waals surface area contributed by atoms with Crippen molar-refractivity contribution in [3.05, 3.63) is 138 Å². The molecule has 0 heterocycles. The summed E-state index contributed by atoms with van der Waals surface area (Å²) in [5.41, 5.74) is 3.43. The minimum Gasteiger partial charge on any atom is -0.254 e. The fraction of sp³-hybridized carbons (Fsp3) is 0.0769. The molecule has 0 spiro atoms. The van der Waals surface area contributed by atoms with Gasteiger partial charge in [0, 0.05) is 10.8 Å². The molecule has 0 aliphatic carbocycles. The number of hydrogen-bond acceptors (Lipinski definition) is 1. The summed E-state index contributed by atoms with van der Waals surface area (Å²) in [4.78, 5) is 0.855. The van der Waals surface area contributed by atoms with Gasteiger partial charge in [-0.05, 0) is 28.8 Å². The second-order valence-corrected chi connectivity index (χ2v) is 8.31. The second kappa shape index (κ2) is 8.81. The van der Waals surface area contributed by atoms with E-state index in [1.807, 2.05) is 60.7 Å². The van der Waals surface area contributed by atoms with Crippen LogP contribution in [0, 0.1) is 0 Å². The van der Waals surface area contributed by atoms with Crippen molar-refractivity contribution in [1.82, 2.24) is 0 Å². The number of benzene rings is 4. The lowest BCUT2D eigenvalue weighted by atomic mass is 9.85. The molecule has 0 amide bonds. The maximum atomic E-state index is 13.8. The number of rotatable bonds is 6. The molecular weight excluding hydrogens is 360 g/mol. The Morgan fingerprint density at radius 1 is 0.464 bits per heavy atom. The molecule has 4 aromatic carbocycles.